The van der Waals surface area contributed by atoms with Crippen molar-refractivity contribution in [1.29, 1.82) is 0 Å². The van der Waals surface area contributed by atoms with E-state index in [-0.39, 0.29) is 47.6 Å². The van der Waals surface area contributed by atoms with Gasteiger partial charge in [-0.05, 0) is 62.0 Å². The molecule has 4 atom stereocenters. The first kappa shape index (κ1) is 25.3. The highest BCUT2D eigenvalue weighted by molar-refractivity contribution is 6.30. The molecule has 1 aromatic carbocycles. The molecule has 1 aromatic rings. The molecule has 2 saturated heterocycles. The molecule has 37 heavy (non-hydrogen) atoms. The summed E-state index contributed by atoms with van der Waals surface area (Å²) in [4.78, 5) is 54.1. The summed E-state index contributed by atoms with van der Waals surface area (Å²) >= 11 is 5.98. The van der Waals surface area contributed by atoms with Gasteiger partial charge in [-0.15, -0.1) is 0 Å². The predicted octanol–water partition coefficient (Wildman–Crippen LogP) is 3.45. The Morgan fingerprint density at radius 3 is 2.73 bits per heavy atom. The van der Waals surface area contributed by atoms with Crippen molar-refractivity contribution < 1.29 is 28.3 Å². The summed E-state index contributed by atoms with van der Waals surface area (Å²) < 4.78 is 19.5. The third-order valence-electron chi connectivity index (χ3n) is 7.82. The summed E-state index contributed by atoms with van der Waals surface area (Å²) in [5.41, 5.74) is 0.655. The molecule has 196 valence electrons. The van der Waals surface area contributed by atoms with E-state index in [0.29, 0.717) is 24.8 Å². The third kappa shape index (κ3) is 4.37. The lowest BCUT2D eigenvalue weighted by Gasteiger charge is -2.31. The summed E-state index contributed by atoms with van der Waals surface area (Å²) in [7, 11) is 1.46. The number of urea groups is 1. The first-order valence-corrected chi connectivity index (χ1v) is 12.7. The molecule has 0 bridgehead atoms. The van der Waals surface area contributed by atoms with Gasteiger partial charge in [-0.3, -0.25) is 14.5 Å². The van der Waals surface area contributed by atoms with Crippen LogP contribution < -0.4 is 10.6 Å². The summed E-state index contributed by atoms with van der Waals surface area (Å²) in [6.45, 7) is 1.94. The van der Waals surface area contributed by atoms with Crippen LogP contribution in [0.5, 0.6) is 0 Å². The number of hydrogen-bond donors (Lipinski definition) is 2. The number of nitrogens with zero attached hydrogens (tertiary/aromatic N) is 2. The van der Waals surface area contributed by atoms with Crippen LogP contribution in [0, 0.1) is 11.7 Å². The third-order valence-corrected chi connectivity index (χ3v) is 8.11. The largest absolute Gasteiger partial charge is 0.436 e. The standard InChI is InChI=1S/C26H28ClFN4O5/c1-14-3-8-21(15-4-6-19(28)18(27)11-15)32(14)22(33)12-31-13-26(37-25(31)36)10-9-16-17(26)5-7-20(23(16)34)30-24(35)29-2/h4-7,11,14,16,21H,3,8-10,12-13H2,1-2H3,(H2,29,30,35)/t14-,16?,21-,26-/m0/s1. The number of likely N-dealkylation sites (tertiary alicyclic amines) is 1. The number of ketones is 1. The Kier molecular flexibility index (Phi) is 6.47. The second-order valence-electron chi connectivity index (χ2n) is 10.00. The van der Waals surface area contributed by atoms with Gasteiger partial charge in [0.15, 0.2) is 11.4 Å². The van der Waals surface area contributed by atoms with E-state index in [2.05, 4.69) is 10.6 Å². The Morgan fingerprint density at radius 1 is 1.22 bits per heavy atom. The molecule has 2 N–H and O–H groups in total. The number of allylic oxidation sites excluding steroid dienone is 3. The van der Waals surface area contributed by atoms with Gasteiger partial charge in [-0.1, -0.05) is 23.7 Å². The molecule has 2 heterocycles. The van der Waals surface area contributed by atoms with Crippen molar-refractivity contribution in [1.82, 2.24) is 20.4 Å². The lowest BCUT2D eigenvalue weighted by molar-refractivity contribution is -0.134. The maximum absolute atomic E-state index is 13.7. The van der Waals surface area contributed by atoms with Gasteiger partial charge in [-0.25, -0.2) is 14.0 Å². The molecular weight excluding hydrogens is 503 g/mol. The van der Waals surface area contributed by atoms with E-state index < -0.39 is 29.5 Å². The molecule has 1 saturated carbocycles. The Bertz CT molecular complexity index is 1250. The molecular formula is C26H28ClFN4O5. The van der Waals surface area contributed by atoms with Crippen molar-refractivity contribution in [2.45, 2.75) is 50.3 Å². The number of benzene rings is 1. The highest BCUT2D eigenvalue weighted by atomic mass is 35.5. The number of ether oxygens (including phenoxy) is 1. The molecule has 1 spiro atoms. The van der Waals surface area contributed by atoms with Crippen molar-refractivity contribution in [3.8, 4) is 0 Å². The lowest BCUT2D eigenvalue weighted by atomic mass is 9.85. The minimum absolute atomic E-state index is 0.00309. The summed E-state index contributed by atoms with van der Waals surface area (Å²) in [5.74, 6) is -1.47. The molecule has 11 heteroatoms. The smallest absolute Gasteiger partial charge is 0.411 e. The van der Waals surface area contributed by atoms with E-state index in [1.54, 1.807) is 23.1 Å². The second-order valence-corrected chi connectivity index (χ2v) is 10.4. The van der Waals surface area contributed by atoms with Crippen LogP contribution in [0.25, 0.3) is 0 Å². The summed E-state index contributed by atoms with van der Waals surface area (Å²) in [6.07, 6.45) is 5.07. The average Bonchev–Trinajstić information content (AvgIpc) is 3.52. The fourth-order valence-corrected chi connectivity index (χ4v) is 6.19. The first-order valence-electron chi connectivity index (χ1n) is 12.3. The SMILES string of the molecule is CNC(=O)NC1=CC=C2C(CC[C@]23CN(CC(=O)N2[C@@H](C)CC[C@H]2c2ccc(F)c(Cl)c2)C(=O)O3)C1=O. The van der Waals surface area contributed by atoms with Crippen LogP contribution in [-0.2, 0) is 14.3 Å². The number of nitrogens with one attached hydrogen (secondary N) is 2. The number of Topliss-reactive ketones (excluding diaryl/α,β-unsaturated/α-hetero) is 1. The maximum atomic E-state index is 13.7. The van der Waals surface area contributed by atoms with Crippen molar-refractivity contribution in [2.24, 2.45) is 5.92 Å². The number of fused-ring (bicyclic) bond motifs is 2. The minimum atomic E-state index is -0.979. The predicted molar refractivity (Wildman–Crippen MR) is 132 cm³/mol. The van der Waals surface area contributed by atoms with Gasteiger partial charge >= 0.3 is 12.1 Å². The number of rotatable bonds is 4. The fraction of sp³-hybridized carbons (Fsp3) is 0.462. The van der Waals surface area contributed by atoms with E-state index in [1.165, 1.54) is 24.1 Å². The fourth-order valence-electron chi connectivity index (χ4n) is 6.00. The zero-order chi connectivity index (χ0) is 26.5. The van der Waals surface area contributed by atoms with Gasteiger partial charge in [0.1, 0.15) is 12.4 Å². The summed E-state index contributed by atoms with van der Waals surface area (Å²) in [6, 6.07) is 3.67. The van der Waals surface area contributed by atoms with E-state index >= 15 is 0 Å². The molecule has 0 radical (unpaired) electrons. The monoisotopic (exact) mass is 530 g/mol. The van der Waals surface area contributed by atoms with Crippen LogP contribution in [0.15, 0.2) is 41.6 Å². The Hall–Kier alpha value is -3.40. The van der Waals surface area contributed by atoms with Gasteiger partial charge in [0, 0.05) is 19.0 Å². The molecule has 2 aliphatic heterocycles. The van der Waals surface area contributed by atoms with Crippen molar-refractivity contribution in [3.63, 3.8) is 0 Å². The number of hydrogen-bond acceptors (Lipinski definition) is 5. The van der Waals surface area contributed by atoms with Crippen molar-refractivity contribution >= 4 is 35.4 Å². The molecule has 1 unspecified atom stereocenters. The van der Waals surface area contributed by atoms with Crippen molar-refractivity contribution in [3.05, 3.63) is 58.0 Å². The maximum Gasteiger partial charge on any atom is 0.411 e. The molecule has 9 nitrogen and oxygen atoms in total. The Balaban J connectivity index is 1.32. The van der Waals surface area contributed by atoms with E-state index in [9.17, 15) is 23.6 Å². The van der Waals surface area contributed by atoms with Crippen LogP contribution in [0.1, 0.15) is 44.2 Å². The highest BCUT2D eigenvalue weighted by Gasteiger charge is 2.56. The lowest BCUT2D eigenvalue weighted by Crippen LogP contribution is -2.44. The zero-order valence-corrected chi connectivity index (χ0v) is 21.3. The topological polar surface area (TPSA) is 108 Å². The highest BCUT2D eigenvalue weighted by Crippen LogP contribution is 2.48. The normalized spacial score (nSPS) is 28.7. The van der Waals surface area contributed by atoms with Gasteiger partial charge in [0.25, 0.3) is 0 Å². The Morgan fingerprint density at radius 2 is 2.00 bits per heavy atom. The molecule has 5 rings (SSSR count). The minimum Gasteiger partial charge on any atom is -0.436 e. The molecule has 3 fully saturated rings. The van der Waals surface area contributed by atoms with Crippen molar-refractivity contribution in [2.75, 3.05) is 20.1 Å². The quantitative estimate of drug-likeness (QED) is 0.620. The van der Waals surface area contributed by atoms with Gasteiger partial charge in [0.2, 0.25) is 5.91 Å². The molecule has 4 amide bonds. The van der Waals surface area contributed by atoms with Crippen LogP contribution in [0.4, 0.5) is 14.0 Å². The van der Waals surface area contributed by atoms with E-state index in [4.69, 9.17) is 16.3 Å². The number of halogens is 2. The van der Waals surface area contributed by atoms with Crippen LogP contribution in [-0.4, -0.2) is 65.4 Å². The van der Waals surface area contributed by atoms with Crippen LogP contribution in [0.3, 0.4) is 0 Å². The van der Waals surface area contributed by atoms with Gasteiger partial charge < -0.3 is 20.3 Å². The molecule has 2 aliphatic carbocycles. The van der Waals surface area contributed by atoms with Crippen LogP contribution >= 0.6 is 11.6 Å². The number of carbonyl (C=O) groups is 4. The van der Waals surface area contributed by atoms with E-state index in [0.717, 1.165) is 12.0 Å². The van der Waals surface area contributed by atoms with Gasteiger partial charge in [-0.2, -0.15) is 0 Å². The second kappa shape index (κ2) is 9.48. The van der Waals surface area contributed by atoms with E-state index in [1.807, 2.05) is 6.92 Å². The summed E-state index contributed by atoms with van der Waals surface area (Å²) in [5, 5.41) is 4.95. The Labute approximate surface area is 218 Å². The number of carbonyl (C=O) groups excluding carboxylic acids is 4. The zero-order valence-electron chi connectivity index (χ0n) is 20.6. The van der Waals surface area contributed by atoms with Gasteiger partial charge in [0.05, 0.1) is 23.3 Å². The van der Waals surface area contributed by atoms with Crippen LogP contribution in [0.2, 0.25) is 5.02 Å². The molecule has 4 aliphatic rings. The first-order chi connectivity index (χ1) is 17.6. The average molecular weight is 531 g/mol. The molecule has 0 aromatic heterocycles. The number of amides is 4.